The Kier molecular flexibility index (Phi) is 5.11. The molecule has 0 aliphatic rings. The van der Waals surface area contributed by atoms with E-state index in [4.69, 9.17) is 0 Å². The quantitative estimate of drug-likeness (QED) is 0.362. The molecule has 0 saturated heterocycles. The van der Waals surface area contributed by atoms with Crippen molar-refractivity contribution in [3.8, 4) is 33.9 Å². The molecule has 14 heteroatoms. The minimum atomic E-state index is -4.86. The van der Waals surface area contributed by atoms with Crippen molar-refractivity contribution in [3.05, 3.63) is 54.6 Å². The number of fused-ring (bicyclic) bond motifs is 1. The van der Waals surface area contributed by atoms with Gasteiger partial charge < -0.3 is 0 Å². The minimum absolute atomic E-state index is 0.00414. The van der Waals surface area contributed by atoms with Crippen molar-refractivity contribution in [2.75, 3.05) is 0 Å². The fraction of sp³-hybridized carbons (Fsp3) is 0.190. The lowest BCUT2D eigenvalue weighted by atomic mass is 10.0. The summed E-state index contributed by atoms with van der Waals surface area (Å²) < 4.78 is 84.1. The van der Waals surface area contributed by atoms with E-state index < -0.39 is 30.2 Å². The fourth-order valence-electron chi connectivity index (χ4n) is 3.85. The molecule has 0 bridgehead atoms. The molecule has 0 spiro atoms. The summed E-state index contributed by atoms with van der Waals surface area (Å²) in [5.41, 5.74) is -1.19. The first-order chi connectivity index (χ1) is 16.5. The van der Waals surface area contributed by atoms with Gasteiger partial charge in [-0.3, -0.25) is 19.4 Å². The van der Waals surface area contributed by atoms with E-state index >= 15 is 0 Å². The van der Waals surface area contributed by atoms with Crippen molar-refractivity contribution >= 4 is 11.0 Å². The molecule has 0 amide bonds. The second kappa shape index (κ2) is 7.92. The number of aryl methyl sites for hydroxylation is 1. The molecule has 5 heterocycles. The lowest BCUT2D eigenvalue weighted by Crippen LogP contribution is -2.19. The third-order valence-electron chi connectivity index (χ3n) is 5.23. The Morgan fingerprint density at radius 1 is 0.971 bits per heavy atom. The summed E-state index contributed by atoms with van der Waals surface area (Å²) >= 11 is 0. The summed E-state index contributed by atoms with van der Waals surface area (Å²) in [5, 5.41) is 14.6. The minimum Gasteiger partial charge on any atom is -0.276 e. The number of halogens is 6. The van der Waals surface area contributed by atoms with E-state index in [2.05, 4.69) is 30.4 Å². The molecule has 0 aliphatic heterocycles. The van der Waals surface area contributed by atoms with Gasteiger partial charge in [-0.1, -0.05) is 6.07 Å². The van der Waals surface area contributed by atoms with E-state index in [1.807, 2.05) is 0 Å². The van der Waals surface area contributed by atoms with Crippen molar-refractivity contribution in [1.82, 2.24) is 39.7 Å². The molecule has 0 atom stereocenters. The molecule has 0 aliphatic carbocycles. The van der Waals surface area contributed by atoms with Crippen LogP contribution in [0.2, 0.25) is 0 Å². The van der Waals surface area contributed by atoms with Crippen LogP contribution in [-0.2, 0) is 19.8 Å². The zero-order valence-corrected chi connectivity index (χ0v) is 17.7. The Morgan fingerprint density at radius 2 is 1.77 bits per heavy atom. The molecular weight excluding hydrogens is 478 g/mol. The summed E-state index contributed by atoms with van der Waals surface area (Å²) in [6.45, 7) is -1.54. The van der Waals surface area contributed by atoms with Crippen LogP contribution in [0.3, 0.4) is 0 Å². The van der Waals surface area contributed by atoms with Gasteiger partial charge in [0.1, 0.15) is 17.8 Å². The number of hydrogen-bond donors (Lipinski definition) is 1. The number of alkyl halides is 6. The van der Waals surface area contributed by atoms with Crippen molar-refractivity contribution in [1.29, 1.82) is 0 Å². The Hall–Kier alpha value is -4.23. The van der Waals surface area contributed by atoms with Gasteiger partial charge in [0.2, 0.25) is 0 Å². The van der Waals surface area contributed by atoms with E-state index in [0.29, 0.717) is 10.4 Å². The summed E-state index contributed by atoms with van der Waals surface area (Å²) in [7, 11) is 1.61. The zero-order valence-electron chi connectivity index (χ0n) is 17.7. The highest BCUT2D eigenvalue weighted by molar-refractivity contribution is 6.00. The van der Waals surface area contributed by atoms with Crippen LogP contribution < -0.4 is 0 Å². The Balaban J connectivity index is 1.93. The molecule has 35 heavy (non-hydrogen) atoms. The number of rotatable bonds is 4. The van der Waals surface area contributed by atoms with Crippen LogP contribution in [0.25, 0.3) is 44.9 Å². The molecule has 8 nitrogen and oxygen atoms in total. The molecule has 180 valence electrons. The number of aromatic amines is 1. The van der Waals surface area contributed by atoms with Gasteiger partial charge in [0.05, 0.1) is 22.6 Å². The van der Waals surface area contributed by atoms with Gasteiger partial charge in [0.25, 0.3) is 0 Å². The highest BCUT2D eigenvalue weighted by atomic mass is 19.4. The molecule has 0 saturated carbocycles. The first-order valence-electron chi connectivity index (χ1n) is 10.0. The van der Waals surface area contributed by atoms with E-state index in [1.54, 1.807) is 13.1 Å². The van der Waals surface area contributed by atoms with Gasteiger partial charge in [-0.15, -0.1) is 0 Å². The molecule has 0 unspecified atom stereocenters. The van der Waals surface area contributed by atoms with Crippen LogP contribution in [0.15, 0.2) is 48.9 Å². The fourth-order valence-corrected chi connectivity index (χ4v) is 3.85. The van der Waals surface area contributed by atoms with Gasteiger partial charge in [-0.25, -0.2) is 4.98 Å². The molecule has 0 fully saturated rings. The smallest absolute Gasteiger partial charge is 0.276 e. The summed E-state index contributed by atoms with van der Waals surface area (Å²) in [5.74, 6) is 0. The predicted molar refractivity (Wildman–Crippen MR) is 112 cm³/mol. The summed E-state index contributed by atoms with van der Waals surface area (Å²) in [6.07, 6.45) is -5.76. The predicted octanol–water partition coefficient (Wildman–Crippen LogP) is 4.87. The first-order valence-corrected chi connectivity index (χ1v) is 10.0. The maximum absolute atomic E-state index is 13.9. The second-order valence-corrected chi connectivity index (χ2v) is 7.58. The average molecular weight is 492 g/mol. The van der Waals surface area contributed by atoms with E-state index in [0.717, 1.165) is 12.3 Å². The normalized spacial score (nSPS) is 12.5. The highest BCUT2D eigenvalue weighted by Crippen LogP contribution is 2.41. The Labute approximate surface area is 192 Å². The maximum atomic E-state index is 13.9. The van der Waals surface area contributed by atoms with Crippen LogP contribution in [0.4, 0.5) is 26.3 Å². The summed E-state index contributed by atoms with van der Waals surface area (Å²) in [6, 6.07) is 6.78. The Morgan fingerprint density at radius 3 is 2.40 bits per heavy atom. The van der Waals surface area contributed by atoms with Crippen LogP contribution in [-0.4, -0.2) is 45.9 Å². The van der Waals surface area contributed by atoms with E-state index in [1.165, 1.54) is 35.3 Å². The molecule has 0 radical (unpaired) electrons. The lowest BCUT2D eigenvalue weighted by molar-refractivity contribution is -0.142. The summed E-state index contributed by atoms with van der Waals surface area (Å²) in [4.78, 5) is 7.98. The number of nitrogens with one attached hydrogen (secondary N) is 1. The number of nitrogens with zero attached hydrogens (tertiary/aromatic N) is 7. The molecule has 5 aromatic heterocycles. The van der Waals surface area contributed by atoms with Crippen molar-refractivity contribution in [3.63, 3.8) is 0 Å². The number of H-pyrrole nitrogens is 1. The van der Waals surface area contributed by atoms with Crippen molar-refractivity contribution < 1.29 is 26.3 Å². The van der Waals surface area contributed by atoms with Crippen LogP contribution in [0, 0.1) is 0 Å². The van der Waals surface area contributed by atoms with Crippen molar-refractivity contribution in [2.24, 2.45) is 7.05 Å². The zero-order chi connectivity index (χ0) is 25.0. The van der Waals surface area contributed by atoms with Crippen LogP contribution in [0.1, 0.15) is 5.69 Å². The second-order valence-electron chi connectivity index (χ2n) is 7.58. The molecule has 0 aromatic carbocycles. The molecule has 5 aromatic rings. The molecular formula is C21H14F6N8. The lowest BCUT2D eigenvalue weighted by Gasteiger charge is -2.15. The SMILES string of the molecule is Cn1nccc1-c1cc(-c2cccnc2C(F)(F)F)c2c(n1)c(-c1ccn[nH]1)nn2CC(F)(F)F. The van der Waals surface area contributed by atoms with E-state index in [9.17, 15) is 26.3 Å². The topological polar surface area (TPSA) is 90.1 Å². The van der Waals surface area contributed by atoms with E-state index in [-0.39, 0.29) is 33.7 Å². The molecule has 1 N–H and O–H groups in total. The maximum Gasteiger partial charge on any atom is 0.433 e. The highest BCUT2D eigenvalue weighted by Gasteiger charge is 2.37. The van der Waals surface area contributed by atoms with Crippen LogP contribution >= 0.6 is 0 Å². The first kappa shape index (κ1) is 22.6. The average Bonchev–Trinajstić information content (AvgIpc) is 3.52. The number of aromatic nitrogens is 8. The standard InChI is InChI=1S/C21H14F6N8/c1-34-15(5-8-30-34)14-9-12(11-3-2-6-28-19(11)21(25,26)27)18-17(31-14)16(13-4-7-29-32-13)33-35(18)10-20(22,23)24/h2-9H,10H2,1H3,(H,29,32). The number of pyridine rings is 2. The largest absolute Gasteiger partial charge is 0.433 e. The van der Waals surface area contributed by atoms with Crippen molar-refractivity contribution in [2.45, 2.75) is 18.9 Å². The van der Waals surface area contributed by atoms with Gasteiger partial charge in [-0.05, 0) is 24.3 Å². The molecule has 5 rings (SSSR count). The van der Waals surface area contributed by atoms with Gasteiger partial charge in [0.15, 0.2) is 5.69 Å². The number of hydrogen-bond acceptors (Lipinski definition) is 5. The van der Waals surface area contributed by atoms with Crippen LogP contribution in [0.5, 0.6) is 0 Å². The third-order valence-corrected chi connectivity index (χ3v) is 5.23. The Bertz CT molecular complexity index is 1510. The van der Waals surface area contributed by atoms with Gasteiger partial charge >= 0.3 is 12.4 Å². The van der Waals surface area contributed by atoms with Gasteiger partial charge in [0, 0.05) is 36.8 Å². The monoisotopic (exact) mass is 492 g/mol. The van der Waals surface area contributed by atoms with Gasteiger partial charge in [-0.2, -0.15) is 41.6 Å². The third kappa shape index (κ3) is 4.11.